The van der Waals surface area contributed by atoms with Crippen LogP contribution in [0.15, 0.2) is 12.1 Å². The second-order valence-electron chi connectivity index (χ2n) is 10.1. The number of amides is 1. The minimum absolute atomic E-state index is 0.135. The maximum atomic E-state index is 12.5. The van der Waals surface area contributed by atoms with Gasteiger partial charge in [-0.05, 0) is 85.5 Å². The molecule has 0 heterocycles. The lowest BCUT2D eigenvalue weighted by molar-refractivity contribution is -0.157. The molecule has 0 bridgehead atoms. The van der Waals surface area contributed by atoms with Crippen molar-refractivity contribution in [3.8, 4) is 0 Å². The molecule has 3 aliphatic rings. The van der Waals surface area contributed by atoms with Gasteiger partial charge in [0.25, 0.3) is 0 Å². The molecule has 1 aromatic carbocycles. The summed E-state index contributed by atoms with van der Waals surface area (Å²) >= 11 is 0. The smallest absolute Gasteiger partial charge is 0.309 e. The fraction of sp³-hybridized carbons (Fsp3) is 0.667. The van der Waals surface area contributed by atoms with Crippen molar-refractivity contribution in [2.75, 3.05) is 5.32 Å². The molecule has 0 spiro atoms. The van der Waals surface area contributed by atoms with Gasteiger partial charge in [-0.1, -0.05) is 33.3 Å². The number of carbonyl (C=O) groups is 2. The summed E-state index contributed by atoms with van der Waals surface area (Å²) < 4.78 is 0. The molecule has 4 heteroatoms. The standard InChI is InChI=1S/C24H33NO3/c1-14(2)17-12-16-8-9-20-23(3,10-5-11-24(20,4)22(27)28)18(16)13-19(17)25-21(26)15-6-7-15/h12-15,20H,5-11H2,1-4H3,(H,25,26)(H,27,28)/t20-,23-,24-/m1/s1. The van der Waals surface area contributed by atoms with Crippen LogP contribution in [0.3, 0.4) is 0 Å². The highest BCUT2D eigenvalue weighted by molar-refractivity contribution is 5.95. The predicted molar refractivity (Wildman–Crippen MR) is 111 cm³/mol. The van der Waals surface area contributed by atoms with Crippen LogP contribution in [-0.4, -0.2) is 17.0 Å². The van der Waals surface area contributed by atoms with Gasteiger partial charge in [0.15, 0.2) is 0 Å². The summed E-state index contributed by atoms with van der Waals surface area (Å²) in [5, 5.41) is 13.2. The Morgan fingerprint density at radius 1 is 1.14 bits per heavy atom. The van der Waals surface area contributed by atoms with Crippen LogP contribution >= 0.6 is 0 Å². The van der Waals surface area contributed by atoms with Gasteiger partial charge in [-0.2, -0.15) is 0 Å². The zero-order valence-electron chi connectivity index (χ0n) is 17.6. The van der Waals surface area contributed by atoms with E-state index >= 15 is 0 Å². The normalized spacial score (nSPS) is 31.8. The molecule has 1 amide bonds. The average molecular weight is 384 g/mol. The molecular weight excluding hydrogens is 350 g/mol. The van der Waals surface area contributed by atoms with E-state index in [4.69, 9.17) is 0 Å². The van der Waals surface area contributed by atoms with Gasteiger partial charge in [0, 0.05) is 11.6 Å². The first kappa shape index (κ1) is 19.5. The summed E-state index contributed by atoms with van der Waals surface area (Å²) in [5.74, 6) is 0.118. The van der Waals surface area contributed by atoms with Gasteiger partial charge in [-0.3, -0.25) is 9.59 Å². The Kier molecular flexibility index (Phi) is 4.59. The average Bonchev–Trinajstić information content (AvgIpc) is 3.46. The van der Waals surface area contributed by atoms with Gasteiger partial charge < -0.3 is 10.4 Å². The van der Waals surface area contributed by atoms with Crippen LogP contribution in [0.5, 0.6) is 0 Å². The quantitative estimate of drug-likeness (QED) is 0.746. The summed E-state index contributed by atoms with van der Waals surface area (Å²) in [7, 11) is 0. The van der Waals surface area contributed by atoms with Crippen molar-refractivity contribution in [3.63, 3.8) is 0 Å². The number of nitrogens with one attached hydrogen (secondary N) is 1. The molecule has 28 heavy (non-hydrogen) atoms. The van der Waals surface area contributed by atoms with E-state index in [2.05, 4.69) is 38.2 Å². The molecule has 2 saturated carbocycles. The Balaban J connectivity index is 1.79. The number of carbonyl (C=O) groups excluding carboxylic acids is 1. The highest BCUT2D eigenvalue weighted by Crippen LogP contribution is 2.58. The molecule has 3 atom stereocenters. The number of fused-ring (bicyclic) bond motifs is 3. The van der Waals surface area contributed by atoms with E-state index in [0.717, 1.165) is 50.6 Å². The van der Waals surface area contributed by atoms with Crippen LogP contribution in [0, 0.1) is 17.3 Å². The SMILES string of the molecule is CC(C)c1cc2c(cc1NC(=O)C1CC1)[C@@]1(C)CCC[C@@](C)(C(=O)O)[C@@H]1CC2. The third-order valence-corrected chi connectivity index (χ3v) is 7.84. The van der Waals surface area contributed by atoms with Crippen LogP contribution in [0.4, 0.5) is 5.69 Å². The molecule has 0 aliphatic heterocycles. The van der Waals surface area contributed by atoms with Gasteiger partial charge >= 0.3 is 5.97 Å². The number of rotatable bonds is 4. The molecule has 4 rings (SSSR count). The first-order valence-corrected chi connectivity index (χ1v) is 10.9. The van der Waals surface area contributed by atoms with Crippen molar-refractivity contribution in [1.29, 1.82) is 0 Å². The van der Waals surface area contributed by atoms with E-state index in [1.165, 1.54) is 16.7 Å². The molecule has 0 radical (unpaired) electrons. The van der Waals surface area contributed by atoms with Crippen molar-refractivity contribution in [2.45, 2.75) is 84.0 Å². The van der Waals surface area contributed by atoms with Gasteiger partial charge in [0.2, 0.25) is 5.91 Å². The fourth-order valence-electron chi connectivity index (χ4n) is 5.96. The van der Waals surface area contributed by atoms with Gasteiger partial charge in [0.05, 0.1) is 5.41 Å². The highest BCUT2D eigenvalue weighted by atomic mass is 16.4. The lowest BCUT2D eigenvalue weighted by Crippen LogP contribution is -2.52. The molecule has 3 aliphatic carbocycles. The number of hydrogen-bond acceptors (Lipinski definition) is 2. The van der Waals surface area contributed by atoms with E-state index in [9.17, 15) is 14.7 Å². The van der Waals surface area contributed by atoms with Crippen molar-refractivity contribution in [1.82, 2.24) is 0 Å². The van der Waals surface area contributed by atoms with Crippen LogP contribution < -0.4 is 5.32 Å². The molecule has 0 unspecified atom stereocenters. The maximum absolute atomic E-state index is 12.5. The summed E-state index contributed by atoms with van der Waals surface area (Å²) in [6.07, 6.45) is 6.55. The number of hydrogen-bond donors (Lipinski definition) is 2. The third-order valence-electron chi connectivity index (χ3n) is 7.84. The van der Waals surface area contributed by atoms with Crippen LogP contribution in [0.25, 0.3) is 0 Å². The largest absolute Gasteiger partial charge is 0.481 e. The first-order valence-electron chi connectivity index (χ1n) is 10.9. The zero-order chi connectivity index (χ0) is 20.3. The van der Waals surface area contributed by atoms with Gasteiger partial charge in [-0.25, -0.2) is 0 Å². The van der Waals surface area contributed by atoms with E-state index in [1.807, 2.05) is 6.92 Å². The Labute approximate surface area is 168 Å². The summed E-state index contributed by atoms with van der Waals surface area (Å²) in [5.41, 5.74) is 3.95. The van der Waals surface area contributed by atoms with Gasteiger partial charge in [-0.15, -0.1) is 0 Å². The number of carboxylic acids is 1. The number of aryl methyl sites for hydroxylation is 1. The Bertz CT molecular complexity index is 825. The van der Waals surface area contributed by atoms with E-state index < -0.39 is 11.4 Å². The lowest BCUT2D eigenvalue weighted by Gasteiger charge is -2.53. The van der Waals surface area contributed by atoms with Crippen molar-refractivity contribution < 1.29 is 14.7 Å². The minimum Gasteiger partial charge on any atom is -0.481 e. The van der Waals surface area contributed by atoms with E-state index in [0.29, 0.717) is 5.92 Å². The monoisotopic (exact) mass is 383 g/mol. The van der Waals surface area contributed by atoms with E-state index in [1.54, 1.807) is 0 Å². The molecule has 4 nitrogen and oxygen atoms in total. The van der Waals surface area contributed by atoms with Crippen LogP contribution in [0.1, 0.15) is 88.8 Å². The molecule has 0 aromatic heterocycles. The van der Waals surface area contributed by atoms with Crippen molar-refractivity contribution in [2.24, 2.45) is 17.3 Å². The first-order chi connectivity index (χ1) is 13.2. The topological polar surface area (TPSA) is 66.4 Å². The van der Waals surface area contributed by atoms with Crippen molar-refractivity contribution >= 4 is 17.6 Å². The molecule has 0 saturated heterocycles. The summed E-state index contributed by atoms with van der Waals surface area (Å²) in [6.45, 7) is 8.55. The molecule has 2 N–H and O–H groups in total. The predicted octanol–water partition coefficient (Wildman–Crippen LogP) is 5.25. The van der Waals surface area contributed by atoms with E-state index in [-0.39, 0.29) is 23.2 Å². The lowest BCUT2D eigenvalue weighted by atomic mass is 9.49. The zero-order valence-corrected chi connectivity index (χ0v) is 17.6. The highest BCUT2D eigenvalue weighted by Gasteiger charge is 2.55. The van der Waals surface area contributed by atoms with Gasteiger partial charge in [0.1, 0.15) is 0 Å². The second kappa shape index (κ2) is 6.60. The molecule has 2 fully saturated rings. The summed E-state index contributed by atoms with van der Waals surface area (Å²) in [6, 6.07) is 4.49. The second-order valence-corrected chi connectivity index (χ2v) is 10.1. The Morgan fingerprint density at radius 3 is 2.46 bits per heavy atom. The minimum atomic E-state index is -0.668. The van der Waals surface area contributed by atoms with Crippen LogP contribution in [-0.2, 0) is 21.4 Å². The molecule has 1 aromatic rings. The third kappa shape index (κ3) is 2.96. The molecule has 152 valence electrons. The number of carboxylic acid groups (broad SMARTS) is 1. The summed E-state index contributed by atoms with van der Waals surface area (Å²) in [4.78, 5) is 24.6. The van der Waals surface area contributed by atoms with Crippen molar-refractivity contribution in [3.05, 3.63) is 28.8 Å². The number of anilines is 1. The Hall–Kier alpha value is -1.84. The van der Waals surface area contributed by atoms with Crippen LogP contribution in [0.2, 0.25) is 0 Å². The Morgan fingerprint density at radius 2 is 1.86 bits per heavy atom. The fourth-order valence-corrected chi connectivity index (χ4v) is 5.96. The number of aliphatic carboxylic acids is 1. The molecular formula is C24H33NO3. The number of benzene rings is 1. The maximum Gasteiger partial charge on any atom is 0.309 e.